The molecule has 0 fully saturated rings. The number of ether oxygens (including phenoxy) is 1. The molecule has 20 heavy (non-hydrogen) atoms. The summed E-state index contributed by atoms with van der Waals surface area (Å²) >= 11 is 3.47. The van der Waals surface area contributed by atoms with Crippen LogP contribution in [0.25, 0.3) is 0 Å². The van der Waals surface area contributed by atoms with Crippen molar-refractivity contribution >= 4 is 39.0 Å². The number of halogens is 1. The zero-order chi connectivity index (χ0) is 14.7. The number of rotatable bonds is 3. The highest BCUT2D eigenvalue weighted by molar-refractivity contribution is 9.10. The first-order chi connectivity index (χ1) is 9.52. The van der Waals surface area contributed by atoms with Gasteiger partial charge in [-0.05, 0) is 52.7 Å². The summed E-state index contributed by atoms with van der Waals surface area (Å²) in [6.45, 7) is 1.85. The second kappa shape index (κ2) is 5.96. The SMILES string of the molecule is COC(=O)c1cc(Nc2ccccc2Br)cc(C)c1N. The van der Waals surface area contributed by atoms with Gasteiger partial charge in [-0.1, -0.05) is 12.1 Å². The number of aryl methyl sites for hydroxylation is 1. The van der Waals surface area contributed by atoms with Gasteiger partial charge in [0.1, 0.15) is 0 Å². The number of benzene rings is 2. The average molecular weight is 335 g/mol. The Bertz CT molecular complexity index is 656. The first-order valence-electron chi connectivity index (χ1n) is 6.03. The Morgan fingerprint density at radius 3 is 2.65 bits per heavy atom. The van der Waals surface area contributed by atoms with Crippen LogP contribution in [0.2, 0.25) is 0 Å². The van der Waals surface area contributed by atoms with E-state index in [0.29, 0.717) is 11.3 Å². The maximum absolute atomic E-state index is 11.7. The molecule has 2 rings (SSSR count). The molecule has 0 aliphatic heterocycles. The van der Waals surface area contributed by atoms with Gasteiger partial charge in [-0.3, -0.25) is 0 Å². The maximum atomic E-state index is 11.7. The van der Waals surface area contributed by atoms with Crippen molar-refractivity contribution in [3.05, 3.63) is 52.0 Å². The van der Waals surface area contributed by atoms with Crippen molar-refractivity contribution in [2.75, 3.05) is 18.2 Å². The lowest BCUT2D eigenvalue weighted by Gasteiger charge is -2.13. The molecule has 0 heterocycles. The van der Waals surface area contributed by atoms with E-state index in [-0.39, 0.29) is 0 Å². The van der Waals surface area contributed by atoms with E-state index >= 15 is 0 Å². The van der Waals surface area contributed by atoms with Gasteiger partial charge in [-0.25, -0.2) is 4.79 Å². The van der Waals surface area contributed by atoms with Crippen molar-refractivity contribution < 1.29 is 9.53 Å². The van der Waals surface area contributed by atoms with Gasteiger partial charge in [-0.15, -0.1) is 0 Å². The highest BCUT2D eigenvalue weighted by Crippen LogP contribution is 2.29. The number of nitrogen functional groups attached to an aromatic ring is 1. The third-order valence-electron chi connectivity index (χ3n) is 2.95. The van der Waals surface area contributed by atoms with Crippen LogP contribution in [0.4, 0.5) is 17.1 Å². The summed E-state index contributed by atoms with van der Waals surface area (Å²) in [4.78, 5) is 11.7. The van der Waals surface area contributed by atoms with Crippen LogP contribution in [0.1, 0.15) is 15.9 Å². The Morgan fingerprint density at radius 1 is 1.30 bits per heavy atom. The highest BCUT2D eigenvalue weighted by Gasteiger charge is 2.13. The first-order valence-corrected chi connectivity index (χ1v) is 6.82. The zero-order valence-corrected chi connectivity index (χ0v) is 12.8. The molecule has 0 unspecified atom stereocenters. The summed E-state index contributed by atoms with van der Waals surface area (Å²) in [7, 11) is 1.34. The van der Waals surface area contributed by atoms with Crippen LogP contribution in [-0.4, -0.2) is 13.1 Å². The van der Waals surface area contributed by atoms with Gasteiger partial charge in [0.2, 0.25) is 0 Å². The van der Waals surface area contributed by atoms with Gasteiger partial charge in [0.25, 0.3) is 0 Å². The third kappa shape index (κ3) is 2.93. The van der Waals surface area contributed by atoms with Crippen molar-refractivity contribution in [3.8, 4) is 0 Å². The topological polar surface area (TPSA) is 64.3 Å². The first kappa shape index (κ1) is 14.4. The van der Waals surface area contributed by atoms with Crippen molar-refractivity contribution in [3.63, 3.8) is 0 Å². The van der Waals surface area contributed by atoms with Crippen LogP contribution in [-0.2, 0) is 4.74 Å². The molecule has 0 aliphatic rings. The summed E-state index contributed by atoms with van der Waals surface area (Å²) in [6, 6.07) is 11.3. The van der Waals surface area contributed by atoms with Crippen LogP contribution in [0.5, 0.6) is 0 Å². The average Bonchev–Trinajstić information content (AvgIpc) is 2.44. The third-order valence-corrected chi connectivity index (χ3v) is 3.64. The summed E-state index contributed by atoms with van der Waals surface area (Å²) in [5.74, 6) is -0.443. The Labute approximate surface area is 126 Å². The van der Waals surface area contributed by atoms with E-state index in [4.69, 9.17) is 10.5 Å². The van der Waals surface area contributed by atoms with Gasteiger partial charge in [0.05, 0.1) is 18.4 Å². The molecule has 2 aromatic carbocycles. The fraction of sp³-hybridized carbons (Fsp3) is 0.133. The second-order valence-electron chi connectivity index (χ2n) is 4.35. The fourth-order valence-electron chi connectivity index (χ4n) is 1.87. The Balaban J connectivity index is 2.41. The van der Waals surface area contributed by atoms with Crippen LogP contribution in [0, 0.1) is 6.92 Å². The number of anilines is 3. The minimum absolute atomic E-state index is 0.363. The minimum Gasteiger partial charge on any atom is -0.465 e. The predicted molar refractivity (Wildman–Crippen MR) is 84.4 cm³/mol. The Hall–Kier alpha value is -2.01. The van der Waals surface area contributed by atoms with Gasteiger partial charge in [0, 0.05) is 15.8 Å². The highest BCUT2D eigenvalue weighted by atomic mass is 79.9. The number of nitrogens with two attached hydrogens (primary N) is 1. The fourth-order valence-corrected chi connectivity index (χ4v) is 2.25. The number of para-hydroxylation sites is 1. The second-order valence-corrected chi connectivity index (χ2v) is 5.21. The van der Waals surface area contributed by atoms with Gasteiger partial charge in [-0.2, -0.15) is 0 Å². The molecule has 104 valence electrons. The van der Waals surface area contributed by atoms with Crippen LogP contribution in [0.15, 0.2) is 40.9 Å². The molecule has 0 saturated heterocycles. The van der Waals surface area contributed by atoms with Crippen LogP contribution < -0.4 is 11.1 Å². The number of nitrogens with one attached hydrogen (secondary N) is 1. The smallest absolute Gasteiger partial charge is 0.340 e. The summed E-state index contributed by atoms with van der Waals surface area (Å²) in [6.07, 6.45) is 0. The van der Waals surface area contributed by atoms with Crippen LogP contribution >= 0.6 is 15.9 Å². The number of methoxy groups -OCH3 is 1. The lowest BCUT2D eigenvalue weighted by Crippen LogP contribution is -2.08. The molecule has 5 heteroatoms. The van der Waals surface area contributed by atoms with Gasteiger partial charge in [0.15, 0.2) is 0 Å². The maximum Gasteiger partial charge on any atom is 0.340 e. The van der Waals surface area contributed by atoms with Gasteiger partial charge < -0.3 is 15.8 Å². The molecule has 0 saturated carbocycles. The number of carbonyl (C=O) groups is 1. The number of esters is 1. The molecule has 4 nitrogen and oxygen atoms in total. The number of hydrogen-bond donors (Lipinski definition) is 2. The number of carbonyl (C=O) groups excluding carboxylic acids is 1. The monoisotopic (exact) mass is 334 g/mol. The molecule has 2 aromatic rings. The zero-order valence-electron chi connectivity index (χ0n) is 11.2. The molecular formula is C15H15BrN2O2. The number of hydrogen-bond acceptors (Lipinski definition) is 4. The van der Waals surface area contributed by atoms with E-state index in [1.807, 2.05) is 37.3 Å². The molecule has 0 aliphatic carbocycles. The summed E-state index contributed by atoms with van der Waals surface area (Å²) < 4.78 is 5.68. The molecule has 3 N–H and O–H groups in total. The largest absolute Gasteiger partial charge is 0.465 e. The van der Waals surface area contributed by atoms with Crippen molar-refractivity contribution in [1.82, 2.24) is 0 Å². The molecular weight excluding hydrogens is 320 g/mol. The van der Waals surface area contributed by atoms with E-state index in [9.17, 15) is 4.79 Å². The molecule has 0 amide bonds. The Kier molecular flexibility index (Phi) is 4.29. The minimum atomic E-state index is -0.443. The quantitative estimate of drug-likeness (QED) is 0.660. The standard InChI is InChI=1S/C15H15BrN2O2/c1-9-7-10(8-11(14(9)17)15(19)20-2)18-13-6-4-3-5-12(13)16/h3-8,18H,17H2,1-2H3. The molecule has 0 bridgehead atoms. The Morgan fingerprint density at radius 2 is 2.00 bits per heavy atom. The molecule has 0 spiro atoms. The van der Waals surface area contributed by atoms with E-state index in [0.717, 1.165) is 21.4 Å². The van der Waals surface area contributed by atoms with E-state index in [1.165, 1.54) is 7.11 Å². The molecule has 0 atom stereocenters. The van der Waals surface area contributed by atoms with Crippen LogP contribution in [0.3, 0.4) is 0 Å². The van der Waals surface area contributed by atoms with E-state index in [1.54, 1.807) is 6.07 Å². The van der Waals surface area contributed by atoms with E-state index in [2.05, 4.69) is 21.2 Å². The normalized spacial score (nSPS) is 10.2. The van der Waals surface area contributed by atoms with Crippen molar-refractivity contribution in [2.24, 2.45) is 0 Å². The van der Waals surface area contributed by atoms with Crippen molar-refractivity contribution in [2.45, 2.75) is 6.92 Å². The summed E-state index contributed by atoms with van der Waals surface area (Å²) in [5.41, 5.74) is 9.23. The summed E-state index contributed by atoms with van der Waals surface area (Å²) in [5, 5.41) is 3.25. The molecule has 0 radical (unpaired) electrons. The molecule has 0 aromatic heterocycles. The van der Waals surface area contributed by atoms with Crippen molar-refractivity contribution in [1.29, 1.82) is 0 Å². The van der Waals surface area contributed by atoms with Gasteiger partial charge >= 0.3 is 5.97 Å². The lowest BCUT2D eigenvalue weighted by atomic mass is 10.1. The lowest BCUT2D eigenvalue weighted by molar-refractivity contribution is 0.0602. The van der Waals surface area contributed by atoms with E-state index < -0.39 is 5.97 Å². The predicted octanol–water partition coefficient (Wildman–Crippen LogP) is 3.87.